The van der Waals surface area contributed by atoms with Gasteiger partial charge in [-0.2, -0.15) is 0 Å². The molecule has 0 saturated heterocycles. The smallest absolute Gasteiger partial charge is 0.412 e. The molecule has 8 heteroatoms. The van der Waals surface area contributed by atoms with Crippen molar-refractivity contribution < 1.29 is 33.6 Å². The first-order valence-corrected chi connectivity index (χ1v) is 11.9. The van der Waals surface area contributed by atoms with E-state index in [1.165, 1.54) is 6.08 Å². The van der Waals surface area contributed by atoms with Crippen LogP contribution in [0.15, 0.2) is 72.8 Å². The Bertz CT molecular complexity index is 984. The Morgan fingerprint density at radius 3 is 2.36 bits per heavy atom. The van der Waals surface area contributed by atoms with E-state index in [0.29, 0.717) is 23.8 Å². The molecule has 0 radical (unpaired) electrons. The lowest BCUT2D eigenvalue weighted by Crippen LogP contribution is -2.22. The van der Waals surface area contributed by atoms with Crippen LogP contribution in [0.3, 0.4) is 0 Å². The van der Waals surface area contributed by atoms with Gasteiger partial charge in [-0.15, -0.1) is 0 Å². The van der Waals surface area contributed by atoms with E-state index in [9.17, 15) is 9.59 Å². The molecule has 1 amide bonds. The van der Waals surface area contributed by atoms with Crippen molar-refractivity contribution in [2.75, 3.05) is 32.2 Å². The third kappa shape index (κ3) is 10.2. The van der Waals surface area contributed by atoms with Crippen LogP contribution in [0.2, 0.25) is 0 Å². The summed E-state index contributed by atoms with van der Waals surface area (Å²) in [6.45, 7) is 4.25. The topological polar surface area (TPSA) is 103 Å². The van der Waals surface area contributed by atoms with Crippen LogP contribution in [0.1, 0.15) is 38.4 Å². The molecular weight excluding hydrogens is 462 g/mol. The summed E-state index contributed by atoms with van der Waals surface area (Å²) in [4.78, 5) is 24.1. The highest BCUT2D eigenvalue weighted by molar-refractivity contribution is 5.84. The number of aliphatic hydroxyl groups is 1. The maximum atomic E-state index is 12.7. The van der Waals surface area contributed by atoms with Gasteiger partial charge in [0, 0.05) is 11.8 Å². The number of allylic oxidation sites excluding steroid dienone is 3. The minimum absolute atomic E-state index is 0.00508. The largest absolute Gasteiger partial charge is 0.497 e. The molecule has 0 heterocycles. The molecule has 0 unspecified atom stereocenters. The van der Waals surface area contributed by atoms with Gasteiger partial charge in [-0.1, -0.05) is 37.3 Å². The Kier molecular flexibility index (Phi) is 12.6. The molecule has 0 aliphatic carbocycles. The molecule has 2 aromatic rings. The zero-order valence-electron chi connectivity index (χ0n) is 21.0. The van der Waals surface area contributed by atoms with Crippen LogP contribution in [0.4, 0.5) is 10.5 Å². The number of hydrogen-bond donors (Lipinski definition) is 2. The lowest BCUT2D eigenvalue weighted by molar-refractivity contribution is -0.137. The molecule has 0 aliphatic heterocycles. The summed E-state index contributed by atoms with van der Waals surface area (Å²) in [7, 11) is 1.58. The fourth-order valence-electron chi connectivity index (χ4n) is 3.38. The quantitative estimate of drug-likeness (QED) is 0.203. The molecule has 0 aliphatic rings. The van der Waals surface area contributed by atoms with E-state index in [0.717, 1.165) is 18.4 Å². The van der Waals surface area contributed by atoms with E-state index in [1.807, 2.05) is 25.1 Å². The number of carbonyl (C=O) groups is 2. The van der Waals surface area contributed by atoms with Crippen molar-refractivity contribution in [2.24, 2.45) is 5.92 Å². The highest BCUT2D eigenvalue weighted by atomic mass is 16.6. The molecule has 194 valence electrons. The number of rotatable bonds is 14. The first kappa shape index (κ1) is 28.5. The molecule has 0 bridgehead atoms. The van der Waals surface area contributed by atoms with Gasteiger partial charge >= 0.3 is 12.1 Å². The second-order valence-corrected chi connectivity index (χ2v) is 7.91. The molecule has 2 N–H and O–H groups in total. The Morgan fingerprint density at radius 1 is 1.03 bits per heavy atom. The summed E-state index contributed by atoms with van der Waals surface area (Å²) in [6.07, 6.45) is 7.17. The zero-order chi connectivity index (χ0) is 26.2. The fourth-order valence-corrected chi connectivity index (χ4v) is 3.38. The molecule has 0 fully saturated rings. The number of ether oxygens (including phenoxy) is 4. The van der Waals surface area contributed by atoms with E-state index in [2.05, 4.69) is 5.32 Å². The minimum atomic E-state index is -0.564. The van der Waals surface area contributed by atoms with Crippen molar-refractivity contribution >= 4 is 17.7 Å². The van der Waals surface area contributed by atoms with E-state index >= 15 is 0 Å². The van der Waals surface area contributed by atoms with Crippen LogP contribution < -0.4 is 14.8 Å². The molecule has 2 rings (SSSR count). The third-order valence-corrected chi connectivity index (χ3v) is 5.21. The van der Waals surface area contributed by atoms with Gasteiger partial charge < -0.3 is 24.1 Å². The predicted molar refractivity (Wildman–Crippen MR) is 138 cm³/mol. The van der Waals surface area contributed by atoms with E-state index in [4.69, 9.17) is 24.1 Å². The number of benzene rings is 2. The van der Waals surface area contributed by atoms with Crippen molar-refractivity contribution in [3.63, 3.8) is 0 Å². The summed E-state index contributed by atoms with van der Waals surface area (Å²) in [5.74, 6) is 0.931. The van der Waals surface area contributed by atoms with Crippen LogP contribution in [-0.4, -0.2) is 44.1 Å². The van der Waals surface area contributed by atoms with Gasteiger partial charge in [-0.05, 0) is 67.6 Å². The van der Waals surface area contributed by atoms with E-state index in [1.54, 1.807) is 62.6 Å². The zero-order valence-corrected chi connectivity index (χ0v) is 21.0. The van der Waals surface area contributed by atoms with Crippen LogP contribution >= 0.6 is 0 Å². The Labute approximate surface area is 212 Å². The first-order valence-electron chi connectivity index (χ1n) is 11.9. The van der Waals surface area contributed by atoms with Crippen molar-refractivity contribution in [2.45, 2.75) is 32.8 Å². The van der Waals surface area contributed by atoms with E-state index < -0.39 is 12.2 Å². The maximum absolute atomic E-state index is 12.7. The van der Waals surface area contributed by atoms with Crippen molar-refractivity contribution in [1.82, 2.24) is 0 Å². The Balaban J connectivity index is 2.05. The average Bonchev–Trinajstić information content (AvgIpc) is 2.89. The highest BCUT2D eigenvalue weighted by Crippen LogP contribution is 2.31. The molecule has 36 heavy (non-hydrogen) atoms. The summed E-state index contributed by atoms with van der Waals surface area (Å²) < 4.78 is 21.3. The van der Waals surface area contributed by atoms with Gasteiger partial charge in [0.2, 0.25) is 0 Å². The van der Waals surface area contributed by atoms with Gasteiger partial charge in [0.15, 0.2) is 0 Å². The third-order valence-electron chi connectivity index (χ3n) is 5.21. The molecule has 8 nitrogen and oxygen atoms in total. The van der Waals surface area contributed by atoms with Crippen LogP contribution in [0.5, 0.6) is 11.5 Å². The molecule has 0 saturated carbocycles. The molecule has 0 spiro atoms. The number of nitrogens with one attached hydrogen (secondary N) is 1. The summed E-state index contributed by atoms with van der Waals surface area (Å²) in [6, 6.07) is 14.3. The summed E-state index contributed by atoms with van der Waals surface area (Å²) in [5, 5.41) is 11.7. The second-order valence-electron chi connectivity index (χ2n) is 7.91. The van der Waals surface area contributed by atoms with Crippen LogP contribution in [0, 0.1) is 5.92 Å². The fraction of sp³-hybridized carbons (Fsp3) is 0.357. The summed E-state index contributed by atoms with van der Waals surface area (Å²) >= 11 is 0. The predicted octanol–water partition coefficient (Wildman–Crippen LogP) is 5.45. The number of carbonyl (C=O) groups excluding carboxylic acids is 2. The normalized spacial score (nSPS) is 12.8. The molecule has 2 aromatic carbocycles. The average molecular weight is 498 g/mol. The summed E-state index contributed by atoms with van der Waals surface area (Å²) in [5.41, 5.74) is 1.42. The number of amides is 1. The number of aliphatic hydroxyl groups excluding tert-OH is 1. The number of anilines is 1. The first-order chi connectivity index (χ1) is 17.5. The van der Waals surface area contributed by atoms with Gasteiger partial charge in [-0.25, -0.2) is 9.59 Å². The number of esters is 1. The number of hydrogen-bond acceptors (Lipinski definition) is 7. The molecule has 2 atom stereocenters. The molecule has 0 aromatic heterocycles. The van der Waals surface area contributed by atoms with Gasteiger partial charge in [0.05, 0.1) is 20.3 Å². The maximum Gasteiger partial charge on any atom is 0.412 e. The van der Waals surface area contributed by atoms with E-state index in [-0.39, 0.29) is 25.1 Å². The minimum Gasteiger partial charge on any atom is -0.497 e. The molecular formula is C28H35NO7. The standard InChI is InChI=1S/C28H35NO7/c1-4-34-26(31)10-8-6-5-7-9-21(2)27(22-11-15-25(16-12-22)35-20-19-30)36-28(32)29-23-13-17-24(33-3)18-14-23/h5-6,8,10-18,21,27,30H,4,7,9,19-20H2,1-3H3,(H,29,32)/b6-5+,10-8+/t21-,27+/m1/s1. The highest BCUT2D eigenvalue weighted by Gasteiger charge is 2.23. The second kappa shape index (κ2) is 16.0. The lowest BCUT2D eigenvalue weighted by atomic mass is 9.93. The number of methoxy groups -OCH3 is 1. The van der Waals surface area contributed by atoms with Gasteiger partial charge in [0.1, 0.15) is 24.2 Å². The lowest BCUT2D eigenvalue weighted by Gasteiger charge is -2.25. The Morgan fingerprint density at radius 2 is 1.72 bits per heavy atom. The van der Waals surface area contributed by atoms with Crippen molar-refractivity contribution in [1.29, 1.82) is 0 Å². The Hall–Kier alpha value is -3.78. The SMILES string of the molecule is CCOC(=O)/C=C/C=C/CC[C@@H](C)[C@H](OC(=O)Nc1ccc(OC)cc1)c1ccc(OCCO)cc1. The van der Waals surface area contributed by atoms with Crippen molar-refractivity contribution in [3.05, 3.63) is 78.4 Å². The van der Waals surface area contributed by atoms with Gasteiger partial charge in [0.25, 0.3) is 0 Å². The van der Waals surface area contributed by atoms with Crippen LogP contribution in [-0.2, 0) is 14.3 Å². The monoisotopic (exact) mass is 497 g/mol. The van der Waals surface area contributed by atoms with Gasteiger partial charge in [-0.3, -0.25) is 5.32 Å². The van der Waals surface area contributed by atoms with Crippen LogP contribution in [0.25, 0.3) is 0 Å². The van der Waals surface area contributed by atoms with Crippen molar-refractivity contribution in [3.8, 4) is 11.5 Å².